The van der Waals surface area contributed by atoms with Gasteiger partial charge >= 0.3 is 0 Å². The van der Waals surface area contributed by atoms with E-state index in [4.69, 9.17) is 28.0 Å². The first kappa shape index (κ1) is 33.7. The van der Waals surface area contributed by atoms with Crippen molar-refractivity contribution in [2.75, 3.05) is 5.75 Å². The number of rotatable bonds is 11. The fraction of sp³-hybridized carbons (Fsp3) is 0.548. The first-order valence-electron chi connectivity index (χ1n) is 14.6. The third kappa shape index (κ3) is 7.40. The SMILES string of the molecule is CC(C)C(CS(=O)(=O)C(C)C)N1C(=O)C(CC(=O)NS(=N)(=O)C2(C)CC2)C[C@H](c2cccc(Cl)c2)[C@H]1c1ccc(Cl)cc1. The molecule has 43 heavy (non-hydrogen) atoms. The number of nitrogens with zero attached hydrogens (tertiary/aromatic N) is 1. The molecule has 12 heteroatoms. The van der Waals surface area contributed by atoms with Crippen LogP contribution in [0.4, 0.5) is 0 Å². The van der Waals surface area contributed by atoms with E-state index in [9.17, 15) is 22.2 Å². The van der Waals surface area contributed by atoms with E-state index in [0.717, 1.165) is 11.1 Å². The summed E-state index contributed by atoms with van der Waals surface area (Å²) in [5.41, 5.74) is 1.63. The van der Waals surface area contributed by atoms with E-state index in [2.05, 4.69) is 4.72 Å². The van der Waals surface area contributed by atoms with Crippen LogP contribution >= 0.6 is 23.2 Å². The molecule has 5 atom stereocenters. The lowest BCUT2D eigenvalue weighted by atomic mass is 9.74. The summed E-state index contributed by atoms with van der Waals surface area (Å²) in [6, 6.07) is 13.3. The fourth-order valence-electron chi connectivity index (χ4n) is 5.76. The molecule has 2 fully saturated rings. The number of hydrogen-bond acceptors (Lipinski definition) is 6. The Morgan fingerprint density at radius 2 is 1.65 bits per heavy atom. The van der Waals surface area contributed by atoms with Crippen LogP contribution in [-0.2, 0) is 29.3 Å². The Morgan fingerprint density at radius 3 is 2.19 bits per heavy atom. The van der Waals surface area contributed by atoms with Crippen molar-refractivity contribution in [3.63, 3.8) is 0 Å². The lowest BCUT2D eigenvalue weighted by molar-refractivity contribution is -0.149. The molecule has 2 aliphatic rings. The Morgan fingerprint density at radius 1 is 1.02 bits per heavy atom. The highest BCUT2D eigenvalue weighted by atomic mass is 35.5. The number of hydrogen-bond donors (Lipinski definition) is 2. The summed E-state index contributed by atoms with van der Waals surface area (Å²) >= 11 is 12.7. The van der Waals surface area contributed by atoms with E-state index in [1.165, 1.54) is 0 Å². The van der Waals surface area contributed by atoms with Crippen LogP contribution in [0.5, 0.6) is 0 Å². The summed E-state index contributed by atoms with van der Waals surface area (Å²) in [7, 11) is -6.96. The topological polar surface area (TPSA) is 124 Å². The minimum atomic E-state index is -3.57. The van der Waals surface area contributed by atoms with Gasteiger partial charge in [-0.1, -0.05) is 61.3 Å². The van der Waals surface area contributed by atoms with Gasteiger partial charge in [0.05, 0.1) is 21.8 Å². The van der Waals surface area contributed by atoms with Gasteiger partial charge in [0.25, 0.3) is 0 Å². The number of likely N-dealkylation sites (tertiary alicyclic amines) is 1. The third-order valence-corrected chi connectivity index (χ3v) is 13.9. The zero-order chi connectivity index (χ0) is 31.9. The molecule has 1 heterocycles. The Bertz CT molecular complexity index is 1570. The molecule has 0 spiro atoms. The highest BCUT2D eigenvalue weighted by Gasteiger charge is 2.50. The molecular formula is C31H41Cl2N3O5S2. The largest absolute Gasteiger partial charge is 0.331 e. The molecule has 236 valence electrons. The molecule has 2 aromatic carbocycles. The van der Waals surface area contributed by atoms with Gasteiger partial charge in [-0.15, -0.1) is 0 Å². The highest BCUT2D eigenvalue weighted by molar-refractivity contribution is 7.92. The van der Waals surface area contributed by atoms with Gasteiger partial charge in [0, 0.05) is 34.3 Å². The average Bonchev–Trinajstić information content (AvgIpc) is 3.67. The number of amides is 2. The Kier molecular flexibility index (Phi) is 9.96. The summed E-state index contributed by atoms with van der Waals surface area (Å²) in [6.45, 7) is 8.75. The lowest BCUT2D eigenvalue weighted by Gasteiger charge is -2.49. The molecule has 4 rings (SSSR count). The third-order valence-electron chi connectivity index (χ3n) is 8.90. The van der Waals surface area contributed by atoms with Gasteiger partial charge in [-0.25, -0.2) is 17.4 Å². The van der Waals surface area contributed by atoms with Gasteiger partial charge in [0.1, 0.15) is 9.92 Å². The van der Waals surface area contributed by atoms with Crippen molar-refractivity contribution in [2.45, 2.75) is 88.3 Å². The second-order valence-corrected chi connectivity index (χ2v) is 18.5. The number of carbonyl (C=O) groups is 2. The fourth-order valence-corrected chi connectivity index (χ4v) is 8.82. The highest BCUT2D eigenvalue weighted by Crippen LogP contribution is 2.48. The minimum absolute atomic E-state index is 0.235. The summed E-state index contributed by atoms with van der Waals surface area (Å²) in [6.07, 6.45) is 1.18. The molecule has 2 N–H and O–H groups in total. The number of sulfone groups is 1. The van der Waals surface area contributed by atoms with Crippen LogP contribution in [0.15, 0.2) is 48.5 Å². The quantitative estimate of drug-likeness (QED) is 0.281. The number of carbonyl (C=O) groups excluding carboxylic acids is 2. The normalized spacial score (nSPS) is 24.1. The maximum atomic E-state index is 14.5. The number of nitrogens with one attached hydrogen (secondary N) is 2. The molecule has 2 aromatic rings. The van der Waals surface area contributed by atoms with Gasteiger partial charge < -0.3 is 4.90 Å². The predicted octanol–water partition coefficient (Wildman–Crippen LogP) is 6.54. The second-order valence-electron chi connectivity index (χ2n) is 12.8. The molecule has 1 aliphatic carbocycles. The summed E-state index contributed by atoms with van der Waals surface area (Å²) in [4.78, 5) is 29.4. The molecular weight excluding hydrogens is 629 g/mol. The van der Waals surface area contributed by atoms with Crippen LogP contribution < -0.4 is 4.72 Å². The first-order valence-corrected chi connectivity index (χ1v) is 18.6. The van der Waals surface area contributed by atoms with Crippen molar-refractivity contribution in [3.8, 4) is 0 Å². The van der Waals surface area contributed by atoms with Gasteiger partial charge in [-0.3, -0.25) is 14.3 Å². The lowest BCUT2D eigenvalue weighted by Crippen LogP contribution is -2.56. The predicted molar refractivity (Wildman–Crippen MR) is 172 cm³/mol. The van der Waals surface area contributed by atoms with E-state index in [1.54, 1.807) is 43.9 Å². The first-order chi connectivity index (χ1) is 20.0. The molecule has 1 saturated carbocycles. The summed E-state index contributed by atoms with van der Waals surface area (Å²) < 4.78 is 49.6. The molecule has 2 amide bonds. The van der Waals surface area contributed by atoms with Crippen molar-refractivity contribution >= 4 is 54.8 Å². The van der Waals surface area contributed by atoms with E-state index >= 15 is 0 Å². The van der Waals surface area contributed by atoms with E-state index in [1.807, 2.05) is 44.2 Å². The molecule has 3 unspecified atom stereocenters. The zero-order valence-electron chi connectivity index (χ0n) is 25.2. The Hall–Kier alpha value is -2.14. The van der Waals surface area contributed by atoms with Crippen LogP contribution in [0.1, 0.15) is 83.4 Å². The van der Waals surface area contributed by atoms with Gasteiger partial charge in [0.2, 0.25) is 11.8 Å². The Labute approximate surface area is 265 Å². The smallest absolute Gasteiger partial charge is 0.233 e. The van der Waals surface area contributed by atoms with Crippen molar-refractivity contribution in [1.29, 1.82) is 4.78 Å². The van der Waals surface area contributed by atoms with E-state index < -0.39 is 53.7 Å². The maximum Gasteiger partial charge on any atom is 0.233 e. The molecule has 1 aliphatic heterocycles. The van der Waals surface area contributed by atoms with Crippen LogP contribution in [0.2, 0.25) is 10.0 Å². The monoisotopic (exact) mass is 669 g/mol. The van der Waals surface area contributed by atoms with Crippen molar-refractivity contribution in [1.82, 2.24) is 9.62 Å². The van der Waals surface area contributed by atoms with Crippen LogP contribution in [0.25, 0.3) is 0 Å². The molecule has 8 nitrogen and oxygen atoms in total. The van der Waals surface area contributed by atoms with Gasteiger partial charge in [-0.2, -0.15) is 0 Å². The zero-order valence-corrected chi connectivity index (χ0v) is 28.3. The summed E-state index contributed by atoms with van der Waals surface area (Å²) in [5, 5.41) is 0.402. The standard InChI is InChI=1S/C31H41Cl2N3O5S2/c1-19(2)27(18-42(39,40)20(3)4)36-29(21-9-11-24(32)12-10-21)26(22-7-6-8-25(33)15-22)16-23(30(36)38)17-28(37)35-43(34,41)31(5)13-14-31/h6-12,15,19-20,23,26-27,29H,13-14,16-18H2,1-5H3,(H2,34,35,37,41)/t23?,26-,27?,29-,43?/m1/s1. The minimum Gasteiger partial charge on any atom is -0.331 e. The molecule has 0 bridgehead atoms. The summed E-state index contributed by atoms with van der Waals surface area (Å²) in [5.74, 6) is -2.63. The number of piperidine rings is 1. The molecule has 0 radical (unpaired) electrons. The van der Waals surface area contributed by atoms with Crippen molar-refractivity contribution in [3.05, 3.63) is 69.7 Å². The van der Waals surface area contributed by atoms with E-state index in [0.29, 0.717) is 22.9 Å². The number of benzene rings is 2. The molecule has 0 aromatic heterocycles. The Balaban J connectivity index is 1.83. The van der Waals surface area contributed by atoms with Crippen molar-refractivity contribution < 1.29 is 22.2 Å². The van der Waals surface area contributed by atoms with Crippen molar-refractivity contribution in [2.24, 2.45) is 11.8 Å². The van der Waals surface area contributed by atoms with Crippen LogP contribution in [0.3, 0.4) is 0 Å². The van der Waals surface area contributed by atoms with Gasteiger partial charge in [-0.05, 0) is 81.3 Å². The number of halogens is 2. The maximum absolute atomic E-state index is 14.5. The van der Waals surface area contributed by atoms with Crippen LogP contribution in [0, 0.1) is 16.6 Å². The van der Waals surface area contributed by atoms with E-state index in [-0.39, 0.29) is 36.3 Å². The second kappa shape index (κ2) is 12.7. The molecule has 1 saturated heterocycles. The average molecular weight is 671 g/mol. The van der Waals surface area contributed by atoms with Crippen LogP contribution in [-0.4, -0.2) is 51.1 Å². The van der Waals surface area contributed by atoms with Gasteiger partial charge in [0.15, 0.2) is 9.84 Å².